The van der Waals surface area contributed by atoms with Gasteiger partial charge in [-0.15, -0.1) is 0 Å². The molecule has 6 nitrogen and oxygen atoms in total. The molecular formula is C11H13BFNO5. The lowest BCUT2D eigenvalue weighted by Gasteiger charge is -2.06. The number of carboxylic acids is 1. The molecule has 8 heteroatoms. The maximum Gasteiger partial charge on any atom is 0.491 e. The molecule has 0 aromatic heterocycles. The van der Waals surface area contributed by atoms with Crippen LogP contribution < -0.4 is 10.8 Å². The lowest BCUT2D eigenvalue weighted by atomic mass is 9.79. The van der Waals surface area contributed by atoms with E-state index in [1.165, 1.54) is 6.07 Å². The molecule has 1 aromatic rings. The first-order chi connectivity index (χ1) is 8.91. The molecule has 19 heavy (non-hydrogen) atoms. The summed E-state index contributed by atoms with van der Waals surface area (Å²) in [6.45, 7) is 0.164. The van der Waals surface area contributed by atoms with E-state index in [0.717, 1.165) is 12.1 Å². The fraction of sp³-hybridized carbons (Fsp3) is 0.273. The van der Waals surface area contributed by atoms with E-state index in [0.29, 0.717) is 0 Å². The van der Waals surface area contributed by atoms with Gasteiger partial charge in [-0.25, -0.2) is 4.39 Å². The summed E-state index contributed by atoms with van der Waals surface area (Å²) in [5.41, 5.74) is -0.292. The number of carbonyl (C=O) groups excluding carboxylic acids is 1. The highest BCUT2D eigenvalue weighted by atomic mass is 19.1. The van der Waals surface area contributed by atoms with Crippen LogP contribution in [0.3, 0.4) is 0 Å². The third-order valence-electron chi connectivity index (χ3n) is 2.39. The third-order valence-corrected chi connectivity index (χ3v) is 2.39. The van der Waals surface area contributed by atoms with Crippen LogP contribution in [0.25, 0.3) is 0 Å². The Morgan fingerprint density at radius 1 is 1.32 bits per heavy atom. The number of halogens is 1. The Morgan fingerprint density at radius 2 is 2.00 bits per heavy atom. The van der Waals surface area contributed by atoms with Gasteiger partial charge in [0.1, 0.15) is 5.82 Å². The molecule has 0 aliphatic carbocycles. The second-order valence-electron chi connectivity index (χ2n) is 3.86. The van der Waals surface area contributed by atoms with Gasteiger partial charge in [-0.05, 0) is 18.6 Å². The van der Waals surface area contributed by atoms with Gasteiger partial charge in [0.05, 0.1) is 0 Å². The second kappa shape index (κ2) is 6.86. The van der Waals surface area contributed by atoms with Crippen LogP contribution in [0.5, 0.6) is 0 Å². The SMILES string of the molecule is O=C(O)CCCNC(=O)c1ccc(B(O)O)c(F)c1. The zero-order chi connectivity index (χ0) is 14.4. The summed E-state index contributed by atoms with van der Waals surface area (Å²) in [6, 6.07) is 3.25. The van der Waals surface area contributed by atoms with Crippen molar-refractivity contribution in [3.8, 4) is 0 Å². The Morgan fingerprint density at radius 3 is 2.53 bits per heavy atom. The molecular weight excluding hydrogens is 256 g/mol. The lowest BCUT2D eigenvalue weighted by molar-refractivity contribution is -0.137. The monoisotopic (exact) mass is 269 g/mol. The third kappa shape index (κ3) is 4.68. The number of carbonyl (C=O) groups is 2. The Kier molecular flexibility index (Phi) is 5.46. The highest BCUT2D eigenvalue weighted by Crippen LogP contribution is 2.02. The maximum atomic E-state index is 13.4. The van der Waals surface area contributed by atoms with Gasteiger partial charge >= 0.3 is 13.1 Å². The Hall–Kier alpha value is -1.93. The fourth-order valence-corrected chi connectivity index (χ4v) is 1.42. The lowest BCUT2D eigenvalue weighted by Crippen LogP contribution is -2.33. The van der Waals surface area contributed by atoms with Crippen molar-refractivity contribution in [3.63, 3.8) is 0 Å². The highest BCUT2D eigenvalue weighted by Gasteiger charge is 2.18. The molecule has 0 saturated carbocycles. The Bertz CT molecular complexity index is 480. The molecule has 0 bridgehead atoms. The van der Waals surface area contributed by atoms with E-state index < -0.39 is 24.8 Å². The molecule has 0 aliphatic heterocycles. The molecule has 1 rings (SSSR count). The molecule has 0 saturated heterocycles. The van der Waals surface area contributed by atoms with Gasteiger partial charge in [-0.2, -0.15) is 0 Å². The Balaban J connectivity index is 2.58. The van der Waals surface area contributed by atoms with Crippen molar-refractivity contribution in [2.75, 3.05) is 6.54 Å². The van der Waals surface area contributed by atoms with E-state index in [1.807, 2.05) is 0 Å². The zero-order valence-electron chi connectivity index (χ0n) is 9.97. The largest absolute Gasteiger partial charge is 0.491 e. The predicted molar refractivity (Wildman–Crippen MR) is 65.4 cm³/mol. The van der Waals surface area contributed by atoms with Gasteiger partial charge < -0.3 is 20.5 Å². The summed E-state index contributed by atoms with van der Waals surface area (Å²) in [5, 5.41) is 28.5. The van der Waals surface area contributed by atoms with Gasteiger partial charge in [-0.3, -0.25) is 9.59 Å². The minimum Gasteiger partial charge on any atom is -0.481 e. The van der Waals surface area contributed by atoms with Crippen LogP contribution in [0.15, 0.2) is 18.2 Å². The van der Waals surface area contributed by atoms with Gasteiger partial charge in [0.2, 0.25) is 0 Å². The smallest absolute Gasteiger partial charge is 0.481 e. The van der Waals surface area contributed by atoms with Crippen LogP contribution in [0.2, 0.25) is 0 Å². The molecule has 4 N–H and O–H groups in total. The van der Waals surface area contributed by atoms with Crippen molar-refractivity contribution in [1.82, 2.24) is 5.32 Å². The molecule has 102 valence electrons. The molecule has 0 unspecified atom stereocenters. The van der Waals surface area contributed by atoms with E-state index in [1.54, 1.807) is 0 Å². The van der Waals surface area contributed by atoms with Crippen LogP contribution in [0, 0.1) is 5.82 Å². The van der Waals surface area contributed by atoms with Crippen molar-refractivity contribution >= 4 is 24.5 Å². The second-order valence-corrected chi connectivity index (χ2v) is 3.86. The van der Waals surface area contributed by atoms with Gasteiger partial charge in [0.25, 0.3) is 5.91 Å². The standard InChI is InChI=1S/C11H13BFNO5/c13-9-6-7(3-4-8(9)12(18)19)11(17)14-5-1-2-10(15)16/h3-4,6,18-19H,1-2,5H2,(H,14,17)(H,15,16). The average molecular weight is 269 g/mol. The molecule has 0 heterocycles. The fourth-order valence-electron chi connectivity index (χ4n) is 1.42. The van der Waals surface area contributed by atoms with Gasteiger partial charge in [-0.1, -0.05) is 6.07 Å². The summed E-state index contributed by atoms with van der Waals surface area (Å²) < 4.78 is 13.4. The van der Waals surface area contributed by atoms with E-state index in [-0.39, 0.29) is 30.4 Å². The highest BCUT2D eigenvalue weighted by molar-refractivity contribution is 6.58. The number of aliphatic carboxylic acids is 1. The summed E-state index contributed by atoms with van der Waals surface area (Å²) in [5.74, 6) is -2.40. The first kappa shape index (κ1) is 15.1. The van der Waals surface area contributed by atoms with Crippen molar-refractivity contribution in [3.05, 3.63) is 29.6 Å². The molecule has 1 aromatic carbocycles. The van der Waals surface area contributed by atoms with Crippen molar-refractivity contribution in [2.45, 2.75) is 12.8 Å². The molecule has 0 fully saturated rings. The Labute approximate surface area is 109 Å². The van der Waals surface area contributed by atoms with Crippen LogP contribution in [-0.2, 0) is 4.79 Å². The first-order valence-electron chi connectivity index (χ1n) is 5.57. The normalized spacial score (nSPS) is 10.1. The van der Waals surface area contributed by atoms with Gasteiger partial charge in [0, 0.05) is 24.0 Å². The van der Waals surface area contributed by atoms with Gasteiger partial charge in [0.15, 0.2) is 0 Å². The maximum absolute atomic E-state index is 13.4. The first-order valence-corrected chi connectivity index (χ1v) is 5.57. The topological polar surface area (TPSA) is 107 Å². The predicted octanol–water partition coefficient (Wildman–Crippen LogP) is -0.900. The van der Waals surface area contributed by atoms with E-state index >= 15 is 0 Å². The molecule has 0 spiro atoms. The number of carboxylic acid groups (broad SMARTS) is 1. The average Bonchev–Trinajstić information content (AvgIpc) is 2.33. The van der Waals surface area contributed by atoms with Crippen LogP contribution in [0.4, 0.5) is 4.39 Å². The summed E-state index contributed by atoms with van der Waals surface area (Å²) in [6.07, 6.45) is 0.210. The van der Waals surface area contributed by atoms with E-state index in [9.17, 15) is 14.0 Å². The number of hydrogen-bond donors (Lipinski definition) is 4. The minimum absolute atomic E-state index is 0.0252. The van der Waals surface area contributed by atoms with Crippen LogP contribution in [0.1, 0.15) is 23.2 Å². The quantitative estimate of drug-likeness (QED) is 0.395. The number of rotatable bonds is 6. The van der Waals surface area contributed by atoms with Crippen LogP contribution >= 0.6 is 0 Å². The van der Waals surface area contributed by atoms with Crippen LogP contribution in [-0.4, -0.2) is 40.7 Å². The summed E-state index contributed by atoms with van der Waals surface area (Å²) >= 11 is 0. The minimum atomic E-state index is -1.94. The molecule has 0 atom stereocenters. The van der Waals surface area contributed by atoms with E-state index in [4.69, 9.17) is 15.2 Å². The number of benzene rings is 1. The van der Waals surface area contributed by atoms with Crippen molar-refractivity contribution in [2.24, 2.45) is 0 Å². The summed E-state index contributed by atoms with van der Waals surface area (Å²) in [7, 11) is -1.94. The molecule has 0 aliphatic rings. The zero-order valence-corrected chi connectivity index (χ0v) is 9.97. The summed E-state index contributed by atoms with van der Waals surface area (Å²) in [4.78, 5) is 21.8. The van der Waals surface area contributed by atoms with E-state index in [2.05, 4.69) is 5.32 Å². The molecule has 0 radical (unpaired) electrons. The van der Waals surface area contributed by atoms with Crippen molar-refractivity contribution < 1.29 is 29.1 Å². The van der Waals surface area contributed by atoms with Crippen molar-refractivity contribution in [1.29, 1.82) is 0 Å². The molecule has 1 amide bonds. The number of amides is 1. The number of hydrogen-bond acceptors (Lipinski definition) is 4. The number of nitrogens with one attached hydrogen (secondary N) is 1.